The molecule has 0 radical (unpaired) electrons. The maximum Gasteiger partial charge on any atom is 0.325 e. The summed E-state index contributed by atoms with van der Waals surface area (Å²) in [6.07, 6.45) is 1.08. The minimum Gasteiger partial charge on any atom is -0.469 e. The van der Waals surface area contributed by atoms with Gasteiger partial charge in [0.15, 0.2) is 0 Å². The van der Waals surface area contributed by atoms with Gasteiger partial charge in [0.25, 0.3) is 11.5 Å². The highest BCUT2D eigenvalue weighted by molar-refractivity contribution is 5.94. The fourth-order valence-electron chi connectivity index (χ4n) is 2.33. The first-order valence-corrected chi connectivity index (χ1v) is 6.13. The van der Waals surface area contributed by atoms with Gasteiger partial charge in [0.2, 0.25) is 0 Å². The molecule has 108 valence electrons. The van der Waals surface area contributed by atoms with Crippen molar-refractivity contribution < 1.29 is 14.3 Å². The highest BCUT2D eigenvalue weighted by Crippen LogP contribution is 2.24. The molecule has 8 heteroatoms. The molecule has 0 aliphatic carbocycles. The number of carbonyl (C=O) groups is 2. The van der Waals surface area contributed by atoms with Gasteiger partial charge in [-0.25, -0.2) is 4.79 Å². The third kappa shape index (κ3) is 2.49. The van der Waals surface area contributed by atoms with E-state index < -0.39 is 23.1 Å². The van der Waals surface area contributed by atoms with Crippen LogP contribution in [0, 0.1) is 11.8 Å². The summed E-state index contributed by atoms with van der Waals surface area (Å²) in [6.45, 7) is 2.40. The summed E-state index contributed by atoms with van der Waals surface area (Å²) in [4.78, 5) is 51.9. The molecule has 2 unspecified atom stereocenters. The number of nitrogens with zero attached hydrogens (tertiary/aromatic N) is 1. The Balaban J connectivity index is 2.21. The zero-order chi connectivity index (χ0) is 14.9. The summed E-state index contributed by atoms with van der Waals surface area (Å²) in [5.41, 5.74) is -1.57. The van der Waals surface area contributed by atoms with Crippen molar-refractivity contribution in [3.63, 3.8) is 0 Å². The molecule has 0 bridgehead atoms. The van der Waals surface area contributed by atoms with Crippen molar-refractivity contribution in [1.82, 2.24) is 14.9 Å². The van der Waals surface area contributed by atoms with Gasteiger partial charge in [-0.3, -0.25) is 19.4 Å². The number of esters is 1. The van der Waals surface area contributed by atoms with Crippen LogP contribution in [0.4, 0.5) is 0 Å². The number of likely N-dealkylation sites (tertiary alicyclic amines) is 1. The van der Waals surface area contributed by atoms with Crippen LogP contribution >= 0.6 is 0 Å². The van der Waals surface area contributed by atoms with E-state index in [-0.39, 0.29) is 24.0 Å². The van der Waals surface area contributed by atoms with Crippen LogP contribution in [0.2, 0.25) is 0 Å². The molecule has 0 aromatic carbocycles. The van der Waals surface area contributed by atoms with Gasteiger partial charge >= 0.3 is 11.7 Å². The van der Waals surface area contributed by atoms with E-state index in [0.717, 1.165) is 6.20 Å². The largest absolute Gasteiger partial charge is 0.469 e. The smallest absolute Gasteiger partial charge is 0.325 e. The van der Waals surface area contributed by atoms with Crippen molar-refractivity contribution in [1.29, 1.82) is 0 Å². The third-order valence-electron chi connectivity index (χ3n) is 3.45. The number of methoxy groups -OCH3 is 1. The van der Waals surface area contributed by atoms with Crippen LogP contribution < -0.4 is 11.2 Å². The number of aromatic nitrogens is 2. The van der Waals surface area contributed by atoms with Crippen molar-refractivity contribution in [3.8, 4) is 0 Å². The van der Waals surface area contributed by atoms with Gasteiger partial charge in [-0.15, -0.1) is 0 Å². The van der Waals surface area contributed by atoms with Gasteiger partial charge in [-0.2, -0.15) is 0 Å². The van der Waals surface area contributed by atoms with E-state index >= 15 is 0 Å². The van der Waals surface area contributed by atoms with E-state index in [1.54, 1.807) is 0 Å². The van der Waals surface area contributed by atoms with Gasteiger partial charge in [0.05, 0.1) is 13.0 Å². The van der Waals surface area contributed by atoms with Crippen molar-refractivity contribution in [2.45, 2.75) is 6.92 Å². The fraction of sp³-hybridized carbons (Fsp3) is 0.500. The molecular weight excluding hydrogens is 266 g/mol. The molecule has 1 aromatic heterocycles. The average molecular weight is 281 g/mol. The molecule has 1 amide bonds. The standard InChI is InChI=1S/C12H15N3O5/c1-6-4-15(5-8(6)11(18)20-2)10(17)7-3-13-12(19)14-9(7)16/h3,6,8H,4-5H2,1-2H3,(H2,13,14,16,19). The van der Waals surface area contributed by atoms with Crippen LogP contribution in [-0.4, -0.2) is 46.9 Å². The Labute approximate surface area is 113 Å². The lowest BCUT2D eigenvalue weighted by atomic mass is 9.99. The average Bonchev–Trinajstić information content (AvgIpc) is 2.79. The number of rotatable bonds is 2. The van der Waals surface area contributed by atoms with Crippen LogP contribution in [0.3, 0.4) is 0 Å². The molecule has 2 atom stereocenters. The second kappa shape index (κ2) is 5.32. The van der Waals surface area contributed by atoms with Crippen LogP contribution in [0.5, 0.6) is 0 Å². The quantitative estimate of drug-likeness (QED) is 0.671. The zero-order valence-corrected chi connectivity index (χ0v) is 11.1. The highest BCUT2D eigenvalue weighted by Gasteiger charge is 2.38. The molecule has 20 heavy (non-hydrogen) atoms. The summed E-state index contributed by atoms with van der Waals surface area (Å²) < 4.78 is 4.69. The SMILES string of the molecule is COC(=O)C1CN(C(=O)c2c[nH]c(=O)[nH]c2=O)CC1C. The number of aromatic amines is 2. The predicted molar refractivity (Wildman–Crippen MR) is 68.3 cm³/mol. The molecule has 1 aliphatic heterocycles. The van der Waals surface area contributed by atoms with E-state index in [0.29, 0.717) is 6.54 Å². The summed E-state index contributed by atoms with van der Waals surface area (Å²) in [5.74, 6) is -1.33. The molecule has 2 rings (SSSR count). The van der Waals surface area contributed by atoms with Crippen LogP contribution in [0.25, 0.3) is 0 Å². The molecule has 1 aliphatic rings. The minimum absolute atomic E-state index is 0.0479. The van der Waals surface area contributed by atoms with E-state index in [9.17, 15) is 19.2 Å². The number of carbonyl (C=O) groups excluding carboxylic acids is 2. The van der Waals surface area contributed by atoms with E-state index in [1.165, 1.54) is 12.0 Å². The Morgan fingerprint density at radius 1 is 1.35 bits per heavy atom. The molecule has 2 heterocycles. The normalized spacial score (nSPS) is 21.8. The van der Waals surface area contributed by atoms with Crippen molar-refractivity contribution in [2.75, 3.05) is 20.2 Å². The molecule has 1 saturated heterocycles. The molecule has 8 nitrogen and oxygen atoms in total. The summed E-state index contributed by atoms with van der Waals surface area (Å²) in [6, 6.07) is 0. The number of ether oxygens (including phenoxy) is 1. The van der Waals surface area contributed by atoms with Crippen LogP contribution in [0.15, 0.2) is 15.8 Å². The molecule has 0 saturated carbocycles. The van der Waals surface area contributed by atoms with Crippen LogP contribution in [-0.2, 0) is 9.53 Å². The molecule has 2 N–H and O–H groups in total. The van der Waals surface area contributed by atoms with Crippen molar-refractivity contribution >= 4 is 11.9 Å². The van der Waals surface area contributed by atoms with Crippen molar-refractivity contribution in [3.05, 3.63) is 32.6 Å². The Morgan fingerprint density at radius 3 is 2.65 bits per heavy atom. The Morgan fingerprint density at radius 2 is 2.05 bits per heavy atom. The van der Waals surface area contributed by atoms with Crippen LogP contribution in [0.1, 0.15) is 17.3 Å². The number of nitrogens with one attached hydrogen (secondary N) is 2. The first-order valence-electron chi connectivity index (χ1n) is 6.13. The van der Waals surface area contributed by atoms with Crippen molar-refractivity contribution in [2.24, 2.45) is 11.8 Å². The number of hydrogen-bond donors (Lipinski definition) is 2. The van der Waals surface area contributed by atoms with E-state index in [2.05, 4.69) is 9.72 Å². The molecule has 1 aromatic rings. The van der Waals surface area contributed by atoms with Gasteiger partial charge in [0.1, 0.15) is 5.56 Å². The maximum absolute atomic E-state index is 12.2. The summed E-state index contributed by atoms with van der Waals surface area (Å²) in [5, 5.41) is 0. The number of H-pyrrole nitrogens is 2. The topological polar surface area (TPSA) is 112 Å². The highest BCUT2D eigenvalue weighted by atomic mass is 16.5. The molecular formula is C12H15N3O5. The predicted octanol–water partition coefficient (Wildman–Crippen LogP) is -1.06. The maximum atomic E-state index is 12.2. The summed E-state index contributed by atoms with van der Waals surface area (Å²) >= 11 is 0. The Hall–Kier alpha value is -2.38. The first-order chi connectivity index (χ1) is 9.43. The molecule has 1 fully saturated rings. The molecule has 0 spiro atoms. The fourth-order valence-corrected chi connectivity index (χ4v) is 2.33. The second-order valence-corrected chi connectivity index (χ2v) is 4.80. The third-order valence-corrected chi connectivity index (χ3v) is 3.45. The summed E-state index contributed by atoms with van der Waals surface area (Å²) in [7, 11) is 1.30. The van der Waals surface area contributed by atoms with Gasteiger partial charge in [-0.05, 0) is 5.92 Å². The lowest BCUT2D eigenvalue weighted by molar-refractivity contribution is -0.146. The van der Waals surface area contributed by atoms with Gasteiger partial charge < -0.3 is 14.6 Å². The number of hydrogen-bond acceptors (Lipinski definition) is 5. The van der Waals surface area contributed by atoms with Gasteiger partial charge in [0, 0.05) is 19.3 Å². The van der Waals surface area contributed by atoms with E-state index in [1.807, 2.05) is 11.9 Å². The van der Waals surface area contributed by atoms with Gasteiger partial charge in [-0.1, -0.05) is 6.92 Å². The van der Waals surface area contributed by atoms with E-state index in [4.69, 9.17) is 0 Å². The first kappa shape index (κ1) is 14.0. The Bertz CT molecular complexity index is 647. The lowest BCUT2D eigenvalue weighted by Crippen LogP contribution is -2.36. The zero-order valence-electron chi connectivity index (χ0n) is 11.1. The number of amides is 1. The monoisotopic (exact) mass is 281 g/mol. The minimum atomic E-state index is -0.743. The Kier molecular flexibility index (Phi) is 3.73. The second-order valence-electron chi connectivity index (χ2n) is 4.80. The lowest BCUT2D eigenvalue weighted by Gasteiger charge is -2.15.